The lowest BCUT2D eigenvalue weighted by atomic mass is 10.3. The number of aliphatic hydroxyl groups excluding tert-OH is 1. The van der Waals surface area contributed by atoms with E-state index in [0.717, 1.165) is 6.61 Å². The molecule has 1 N–H and O–H groups in total. The monoisotopic (exact) mass is 262 g/mol. The van der Waals surface area contributed by atoms with Crippen LogP contribution in [0.2, 0.25) is 0 Å². The van der Waals surface area contributed by atoms with Crippen molar-refractivity contribution in [3.05, 3.63) is 0 Å². The van der Waals surface area contributed by atoms with Gasteiger partial charge >= 0.3 is 0 Å². The number of hydrogen-bond donors (Lipinski definition) is 1. The Balaban J connectivity index is 1.51. The van der Waals surface area contributed by atoms with Crippen molar-refractivity contribution in [1.29, 1.82) is 0 Å². The van der Waals surface area contributed by atoms with Crippen molar-refractivity contribution in [1.82, 2.24) is 0 Å². The smallest absolute Gasteiger partial charge is 0.163 e. The van der Waals surface area contributed by atoms with E-state index in [1.165, 1.54) is 0 Å². The molecule has 2 aliphatic heterocycles. The predicted molar refractivity (Wildman–Crippen MR) is 62.3 cm³/mol. The first-order valence-corrected chi connectivity index (χ1v) is 6.32. The van der Waals surface area contributed by atoms with E-state index < -0.39 is 11.9 Å². The zero-order valence-electron chi connectivity index (χ0n) is 11.0. The van der Waals surface area contributed by atoms with E-state index >= 15 is 0 Å². The number of rotatable bonds is 7. The number of hydrogen-bond acceptors (Lipinski definition) is 6. The van der Waals surface area contributed by atoms with E-state index in [9.17, 15) is 5.11 Å². The van der Waals surface area contributed by atoms with Crippen LogP contribution in [0.1, 0.15) is 13.8 Å². The van der Waals surface area contributed by atoms with Crippen LogP contribution in [-0.2, 0) is 23.7 Å². The maximum absolute atomic E-state index is 9.64. The molecule has 0 saturated carbocycles. The van der Waals surface area contributed by atoms with Crippen LogP contribution in [0.5, 0.6) is 0 Å². The second-order valence-corrected chi connectivity index (χ2v) is 5.12. The summed E-state index contributed by atoms with van der Waals surface area (Å²) in [4.78, 5) is 0. The summed E-state index contributed by atoms with van der Waals surface area (Å²) in [6.07, 6.45) is -0.529. The second kappa shape index (κ2) is 6.27. The highest BCUT2D eigenvalue weighted by Crippen LogP contribution is 2.18. The highest BCUT2D eigenvalue weighted by Gasteiger charge is 2.29. The Labute approximate surface area is 107 Å². The average molecular weight is 262 g/mol. The molecule has 0 radical (unpaired) electrons. The van der Waals surface area contributed by atoms with Crippen molar-refractivity contribution in [3.8, 4) is 0 Å². The number of epoxide rings is 1. The van der Waals surface area contributed by atoms with Gasteiger partial charge in [-0.3, -0.25) is 0 Å². The van der Waals surface area contributed by atoms with Gasteiger partial charge in [-0.1, -0.05) is 0 Å². The van der Waals surface area contributed by atoms with Gasteiger partial charge in [0.25, 0.3) is 0 Å². The fraction of sp³-hybridized carbons (Fsp3) is 1.00. The van der Waals surface area contributed by atoms with E-state index in [0.29, 0.717) is 19.8 Å². The maximum atomic E-state index is 9.64. The van der Waals surface area contributed by atoms with Crippen molar-refractivity contribution in [3.63, 3.8) is 0 Å². The van der Waals surface area contributed by atoms with Gasteiger partial charge in [0.15, 0.2) is 5.79 Å². The normalized spacial score (nSPS) is 29.2. The SMILES string of the molecule is CC1(C)OCC(OCC(O)COCC2CO2)CO1. The lowest BCUT2D eigenvalue weighted by Gasteiger charge is -2.35. The van der Waals surface area contributed by atoms with Crippen LogP contribution in [0.25, 0.3) is 0 Å². The number of ether oxygens (including phenoxy) is 5. The van der Waals surface area contributed by atoms with Crippen LogP contribution in [0.15, 0.2) is 0 Å². The lowest BCUT2D eigenvalue weighted by Crippen LogP contribution is -2.44. The number of aliphatic hydroxyl groups is 1. The molecule has 0 aromatic rings. The van der Waals surface area contributed by atoms with E-state index in [4.69, 9.17) is 23.7 Å². The fourth-order valence-corrected chi connectivity index (χ4v) is 1.57. The molecule has 6 nitrogen and oxygen atoms in total. The molecule has 2 unspecified atom stereocenters. The molecular formula is C12H22O6. The fourth-order valence-electron chi connectivity index (χ4n) is 1.57. The topological polar surface area (TPSA) is 69.7 Å². The predicted octanol–water partition coefficient (Wildman–Crippen LogP) is -0.0692. The molecule has 0 amide bonds. The molecule has 2 fully saturated rings. The molecule has 0 aromatic heterocycles. The third-order valence-electron chi connectivity index (χ3n) is 2.77. The average Bonchev–Trinajstić information content (AvgIpc) is 3.12. The first-order valence-electron chi connectivity index (χ1n) is 6.32. The second-order valence-electron chi connectivity index (χ2n) is 5.12. The molecule has 2 heterocycles. The minimum Gasteiger partial charge on any atom is -0.388 e. The zero-order valence-corrected chi connectivity index (χ0v) is 11.0. The van der Waals surface area contributed by atoms with Gasteiger partial charge in [0, 0.05) is 0 Å². The van der Waals surface area contributed by atoms with Gasteiger partial charge in [0.1, 0.15) is 18.3 Å². The molecule has 2 aliphatic rings. The molecule has 0 aliphatic carbocycles. The Morgan fingerprint density at radius 3 is 2.50 bits per heavy atom. The van der Waals surface area contributed by atoms with Gasteiger partial charge < -0.3 is 28.8 Å². The first kappa shape index (κ1) is 14.2. The highest BCUT2D eigenvalue weighted by molar-refractivity contribution is 4.69. The van der Waals surface area contributed by atoms with Crippen LogP contribution in [0, 0.1) is 0 Å². The minimum absolute atomic E-state index is 0.126. The summed E-state index contributed by atoms with van der Waals surface area (Å²) in [5.41, 5.74) is 0. The molecule has 6 heteroatoms. The molecule has 18 heavy (non-hydrogen) atoms. The molecule has 2 saturated heterocycles. The van der Waals surface area contributed by atoms with E-state index in [-0.39, 0.29) is 25.4 Å². The van der Waals surface area contributed by atoms with Crippen molar-refractivity contribution < 1.29 is 28.8 Å². The van der Waals surface area contributed by atoms with Crippen LogP contribution in [0.3, 0.4) is 0 Å². The van der Waals surface area contributed by atoms with Crippen LogP contribution in [-0.4, -0.2) is 68.8 Å². The summed E-state index contributed by atoms with van der Waals surface area (Å²) in [7, 11) is 0. The molecule has 0 bridgehead atoms. The molecule has 2 rings (SSSR count). The Morgan fingerprint density at radius 2 is 1.89 bits per heavy atom. The summed E-state index contributed by atoms with van der Waals surface area (Å²) >= 11 is 0. The minimum atomic E-state index is -0.626. The molecule has 2 atom stereocenters. The van der Waals surface area contributed by atoms with Gasteiger partial charge in [-0.25, -0.2) is 0 Å². The summed E-state index contributed by atoms with van der Waals surface area (Å²) in [5, 5.41) is 9.64. The Morgan fingerprint density at radius 1 is 1.22 bits per heavy atom. The standard InChI is InChI=1S/C12H22O6/c1-12(2)17-7-11(8-18-12)15-4-9(13)3-14-5-10-6-16-10/h9-11,13H,3-8H2,1-2H3. The third kappa shape index (κ3) is 5.17. The summed E-state index contributed by atoms with van der Waals surface area (Å²) < 4.78 is 26.7. The van der Waals surface area contributed by atoms with E-state index in [2.05, 4.69) is 0 Å². The van der Waals surface area contributed by atoms with E-state index in [1.807, 2.05) is 13.8 Å². The summed E-state index contributed by atoms with van der Waals surface area (Å²) in [5.74, 6) is -0.536. The van der Waals surface area contributed by atoms with Crippen LogP contribution < -0.4 is 0 Å². The van der Waals surface area contributed by atoms with Gasteiger partial charge in [0.05, 0.1) is 39.6 Å². The van der Waals surface area contributed by atoms with Crippen LogP contribution >= 0.6 is 0 Å². The van der Waals surface area contributed by atoms with Crippen molar-refractivity contribution >= 4 is 0 Å². The maximum Gasteiger partial charge on any atom is 0.163 e. The highest BCUT2D eigenvalue weighted by atomic mass is 16.7. The largest absolute Gasteiger partial charge is 0.388 e. The molecule has 0 spiro atoms. The van der Waals surface area contributed by atoms with Gasteiger partial charge in [-0.2, -0.15) is 0 Å². The quantitative estimate of drug-likeness (QED) is 0.648. The van der Waals surface area contributed by atoms with Gasteiger partial charge in [-0.05, 0) is 13.8 Å². The van der Waals surface area contributed by atoms with Crippen molar-refractivity contribution in [2.24, 2.45) is 0 Å². The van der Waals surface area contributed by atoms with Gasteiger partial charge in [0.2, 0.25) is 0 Å². The summed E-state index contributed by atoms with van der Waals surface area (Å²) in [6.45, 7) is 6.49. The van der Waals surface area contributed by atoms with E-state index in [1.54, 1.807) is 0 Å². The molecule has 0 aromatic carbocycles. The van der Waals surface area contributed by atoms with Gasteiger partial charge in [-0.15, -0.1) is 0 Å². The van der Waals surface area contributed by atoms with Crippen molar-refractivity contribution in [2.45, 2.75) is 37.9 Å². The molecule has 106 valence electrons. The Kier molecular flexibility index (Phi) is 4.94. The Hall–Kier alpha value is -0.240. The first-order chi connectivity index (χ1) is 8.55. The lowest BCUT2D eigenvalue weighted by molar-refractivity contribution is -0.281. The third-order valence-corrected chi connectivity index (χ3v) is 2.77. The molecular weight excluding hydrogens is 240 g/mol. The van der Waals surface area contributed by atoms with Crippen molar-refractivity contribution in [2.75, 3.05) is 39.6 Å². The zero-order chi connectivity index (χ0) is 13.0. The summed E-state index contributed by atoms with van der Waals surface area (Å²) in [6, 6.07) is 0. The Bertz CT molecular complexity index is 243. The van der Waals surface area contributed by atoms with Crippen LogP contribution in [0.4, 0.5) is 0 Å².